The average molecular weight is 385 g/mol. The first-order valence-corrected chi connectivity index (χ1v) is 10.0. The molecule has 1 fully saturated rings. The summed E-state index contributed by atoms with van der Waals surface area (Å²) in [4.78, 5) is 4.38. The number of halogens is 1. The van der Waals surface area contributed by atoms with Crippen molar-refractivity contribution < 1.29 is 13.2 Å². The van der Waals surface area contributed by atoms with Gasteiger partial charge in [-0.15, -0.1) is 0 Å². The van der Waals surface area contributed by atoms with Crippen molar-refractivity contribution >= 4 is 33.8 Å². The molecule has 9 heteroatoms. The van der Waals surface area contributed by atoms with Crippen molar-refractivity contribution in [3.8, 4) is 0 Å². The molecule has 0 aromatic heterocycles. The van der Waals surface area contributed by atoms with E-state index in [0.717, 1.165) is 12.8 Å². The zero-order valence-corrected chi connectivity index (χ0v) is 15.6. The predicted molar refractivity (Wildman–Crippen MR) is 97.4 cm³/mol. The molecule has 1 N–H and O–H groups in total. The van der Waals surface area contributed by atoms with Crippen LogP contribution in [-0.4, -0.2) is 51.9 Å². The topological polar surface area (TPSA) is 83.4 Å². The number of benzene rings is 1. The fourth-order valence-corrected chi connectivity index (χ4v) is 4.22. The summed E-state index contributed by atoms with van der Waals surface area (Å²) in [7, 11) is -3.79. The minimum absolute atomic E-state index is 0.0751. The second-order valence-corrected chi connectivity index (χ2v) is 8.26. The summed E-state index contributed by atoms with van der Waals surface area (Å²) in [5.41, 5.74) is -0.0751. The van der Waals surface area contributed by atoms with Gasteiger partial charge in [0.15, 0.2) is 0 Å². The van der Waals surface area contributed by atoms with E-state index in [1.54, 1.807) is 17.1 Å². The van der Waals surface area contributed by atoms with Crippen LogP contribution >= 0.6 is 11.6 Å². The molecule has 0 bridgehead atoms. The highest BCUT2D eigenvalue weighted by molar-refractivity contribution is 7.90. The van der Waals surface area contributed by atoms with Crippen LogP contribution < -0.4 is 4.72 Å². The number of nitrogens with zero attached hydrogens (tertiary/aromatic N) is 3. The molecule has 1 aromatic rings. The maximum absolute atomic E-state index is 12.6. The summed E-state index contributed by atoms with van der Waals surface area (Å²) in [6.45, 7) is 4.25. The van der Waals surface area contributed by atoms with Crippen LogP contribution in [0.4, 0.5) is 0 Å². The largest absolute Gasteiger partial charge is 0.381 e. The highest BCUT2D eigenvalue weighted by Crippen LogP contribution is 2.33. The number of aliphatic imine (C=N–C) groups is 1. The van der Waals surface area contributed by atoms with Gasteiger partial charge in [-0.25, -0.2) is 18.1 Å². The molecule has 0 amide bonds. The first-order chi connectivity index (χ1) is 11.9. The summed E-state index contributed by atoms with van der Waals surface area (Å²) >= 11 is 5.90. The minimum atomic E-state index is -3.79. The summed E-state index contributed by atoms with van der Waals surface area (Å²) < 4.78 is 33.3. The zero-order valence-electron chi connectivity index (χ0n) is 14.0. The van der Waals surface area contributed by atoms with Crippen LogP contribution in [0, 0.1) is 5.41 Å². The second kappa shape index (κ2) is 7.31. The van der Waals surface area contributed by atoms with Crippen LogP contribution in [0.3, 0.4) is 0 Å². The molecule has 3 rings (SSSR count). The van der Waals surface area contributed by atoms with E-state index in [1.807, 2.05) is 13.1 Å². The third-order valence-corrected chi connectivity index (χ3v) is 5.87. The van der Waals surface area contributed by atoms with Gasteiger partial charge in [0.25, 0.3) is 10.0 Å². The maximum Gasteiger partial charge on any atom is 0.264 e. The summed E-state index contributed by atoms with van der Waals surface area (Å²) in [5.74, 6) is 0.224. The Morgan fingerprint density at radius 1 is 1.44 bits per heavy atom. The average Bonchev–Trinajstić information content (AvgIpc) is 2.98. The van der Waals surface area contributed by atoms with Crippen LogP contribution in [-0.2, 0) is 14.8 Å². The molecule has 2 aliphatic heterocycles. The quantitative estimate of drug-likeness (QED) is 0.639. The number of hydrogen-bond acceptors (Lipinski definition) is 5. The molecule has 7 nitrogen and oxygen atoms in total. The number of hydrazone groups is 1. The molecule has 0 atom stereocenters. The maximum atomic E-state index is 12.6. The van der Waals surface area contributed by atoms with E-state index in [4.69, 9.17) is 16.3 Å². The van der Waals surface area contributed by atoms with Gasteiger partial charge in [-0.2, -0.15) is 5.10 Å². The Labute approximate surface area is 152 Å². The lowest BCUT2D eigenvalue weighted by Crippen LogP contribution is -2.44. The summed E-state index contributed by atoms with van der Waals surface area (Å²) in [6.07, 6.45) is 3.63. The van der Waals surface area contributed by atoms with E-state index in [-0.39, 0.29) is 16.3 Å². The standard InChI is InChI=1S/C16H21ClN4O3S/c1-2-18-15(20-25(22,23)14-5-3-4-13(17)10-14)21-12-16(11-19-21)6-8-24-9-7-16/h3-5,10-11H,2,6-9,12H2,1H3,(H,18,20). The summed E-state index contributed by atoms with van der Waals surface area (Å²) in [5, 5.41) is 6.38. The highest BCUT2D eigenvalue weighted by Gasteiger charge is 2.39. The zero-order chi connectivity index (χ0) is 17.9. The molecule has 1 saturated heterocycles. The van der Waals surface area contributed by atoms with Crippen LogP contribution in [0.5, 0.6) is 0 Å². The van der Waals surface area contributed by atoms with Crippen molar-refractivity contribution in [2.75, 3.05) is 26.3 Å². The van der Waals surface area contributed by atoms with Crippen LogP contribution in [0.25, 0.3) is 0 Å². The second-order valence-electron chi connectivity index (χ2n) is 6.14. The number of rotatable bonds is 3. The number of hydrogen-bond donors (Lipinski definition) is 1. The van der Waals surface area contributed by atoms with Crippen LogP contribution in [0.2, 0.25) is 5.02 Å². The first-order valence-electron chi connectivity index (χ1n) is 8.17. The summed E-state index contributed by atoms with van der Waals surface area (Å²) in [6, 6.07) is 6.12. The monoisotopic (exact) mass is 384 g/mol. The van der Waals surface area contributed by atoms with E-state index < -0.39 is 10.0 Å². The lowest BCUT2D eigenvalue weighted by molar-refractivity contribution is 0.0453. The highest BCUT2D eigenvalue weighted by atomic mass is 35.5. The fourth-order valence-electron chi connectivity index (χ4n) is 2.90. The first kappa shape index (κ1) is 18.2. The van der Waals surface area contributed by atoms with Crippen molar-refractivity contribution in [1.29, 1.82) is 0 Å². The molecule has 1 spiro atoms. The Balaban J connectivity index is 1.79. The molecular weight excluding hydrogens is 364 g/mol. The van der Waals surface area contributed by atoms with Gasteiger partial charge in [-0.05, 0) is 38.0 Å². The van der Waals surface area contributed by atoms with E-state index in [9.17, 15) is 8.42 Å². The Kier molecular flexibility index (Phi) is 5.31. The molecule has 2 aliphatic rings. The molecule has 0 saturated carbocycles. The number of guanidine groups is 1. The minimum Gasteiger partial charge on any atom is -0.381 e. The van der Waals surface area contributed by atoms with Gasteiger partial charge in [0.05, 0.1) is 11.4 Å². The Hall–Kier alpha value is -1.64. The molecule has 2 heterocycles. The van der Waals surface area contributed by atoms with Gasteiger partial charge in [-0.1, -0.05) is 17.7 Å². The van der Waals surface area contributed by atoms with Gasteiger partial charge in [-0.3, -0.25) is 4.99 Å². The molecule has 136 valence electrons. The molecule has 0 radical (unpaired) electrons. The number of sulfonamides is 1. The smallest absolute Gasteiger partial charge is 0.264 e. The van der Waals surface area contributed by atoms with Gasteiger partial charge in [0.2, 0.25) is 5.96 Å². The van der Waals surface area contributed by atoms with Gasteiger partial charge >= 0.3 is 0 Å². The molecule has 0 unspecified atom stereocenters. The SMILES string of the molecule is CCN=C(NS(=O)(=O)c1cccc(Cl)c1)N1CC2(C=N1)CCOCC2. The van der Waals surface area contributed by atoms with Crippen molar-refractivity contribution in [2.24, 2.45) is 15.5 Å². The lowest BCUT2D eigenvalue weighted by Gasteiger charge is -2.31. The molecule has 1 aromatic carbocycles. The van der Waals surface area contributed by atoms with Crippen molar-refractivity contribution in [1.82, 2.24) is 9.73 Å². The lowest BCUT2D eigenvalue weighted by atomic mass is 9.82. The third kappa shape index (κ3) is 4.13. The van der Waals surface area contributed by atoms with Crippen molar-refractivity contribution in [2.45, 2.75) is 24.7 Å². The fraction of sp³-hybridized carbons (Fsp3) is 0.500. The van der Waals surface area contributed by atoms with Crippen molar-refractivity contribution in [3.05, 3.63) is 29.3 Å². The van der Waals surface area contributed by atoms with E-state index in [0.29, 0.717) is 31.3 Å². The van der Waals surface area contributed by atoms with Gasteiger partial charge in [0.1, 0.15) is 0 Å². The predicted octanol–water partition coefficient (Wildman–Crippen LogP) is 2.09. The van der Waals surface area contributed by atoms with Gasteiger partial charge < -0.3 is 4.74 Å². The van der Waals surface area contributed by atoms with E-state index in [1.165, 1.54) is 12.1 Å². The van der Waals surface area contributed by atoms with Crippen LogP contribution in [0.15, 0.2) is 39.3 Å². The Bertz CT molecular complexity index is 788. The molecular formula is C16H21ClN4O3S. The number of ether oxygens (including phenoxy) is 1. The normalized spacial score (nSPS) is 20.2. The molecule has 25 heavy (non-hydrogen) atoms. The number of nitrogens with one attached hydrogen (secondary N) is 1. The Morgan fingerprint density at radius 3 is 2.88 bits per heavy atom. The van der Waals surface area contributed by atoms with Crippen LogP contribution in [0.1, 0.15) is 19.8 Å². The van der Waals surface area contributed by atoms with Crippen molar-refractivity contribution in [3.63, 3.8) is 0 Å². The third-order valence-electron chi connectivity index (χ3n) is 4.31. The van der Waals surface area contributed by atoms with E-state index >= 15 is 0 Å². The Morgan fingerprint density at radius 2 is 2.20 bits per heavy atom. The van der Waals surface area contributed by atoms with E-state index in [2.05, 4.69) is 14.8 Å². The van der Waals surface area contributed by atoms with Gasteiger partial charge in [0, 0.05) is 36.4 Å². The molecule has 0 aliphatic carbocycles.